The molecule has 1 fully saturated rings. The van der Waals surface area contributed by atoms with E-state index in [1.807, 2.05) is 6.07 Å². The van der Waals surface area contributed by atoms with Crippen LogP contribution in [-0.4, -0.2) is 69.7 Å². The minimum absolute atomic E-state index is 0.0290. The van der Waals surface area contributed by atoms with Gasteiger partial charge in [0.05, 0.1) is 24.9 Å². The molecule has 2 amide bonds. The average Bonchev–Trinajstić information content (AvgIpc) is 3.23. The van der Waals surface area contributed by atoms with Crippen LogP contribution in [0.4, 0.5) is 14.6 Å². The fraction of sp³-hybridized carbons (Fsp3) is 0.542. The summed E-state index contributed by atoms with van der Waals surface area (Å²) in [5.41, 5.74) is 0.551. The number of carbonyl (C=O) groups is 2. The summed E-state index contributed by atoms with van der Waals surface area (Å²) in [6, 6.07) is 5.13. The predicted molar refractivity (Wildman–Crippen MR) is 129 cm³/mol. The molecule has 0 aromatic carbocycles. The quantitative estimate of drug-likeness (QED) is 0.439. The zero-order valence-corrected chi connectivity index (χ0v) is 20.8. The molecular formula is C24H30F2N8O3. The van der Waals surface area contributed by atoms with Crippen LogP contribution >= 0.6 is 0 Å². The summed E-state index contributed by atoms with van der Waals surface area (Å²) in [4.78, 5) is 28.3. The molecule has 1 unspecified atom stereocenters. The SMILES string of the molecule is CNC(=O)C1(C)CN(CCCCc2ccc(NC(=O)Cc3cncc(OC4CC(F)(F)C4)c3)nn2)N=N1. The molecule has 2 N–H and O–H groups in total. The number of nitrogens with zero attached hydrogens (tertiary/aromatic N) is 6. The van der Waals surface area contributed by atoms with E-state index in [1.165, 1.54) is 12.4 Å². The number of ether oxygens (including phenoxy) is 1. The van der Waals surface area contributed by atoms with E-state index < -0.39 is 17.6 Å². The van der Waals surface area contributed by atoms with Crippen LogP contribution in [-0.2, 0) is 22.4 Å². The van der Waals surface area contributed by atoms with Gasteiger partial charge < -0.3 is 15.4 Å². The number of rotatable bonds is 11. The molecule has 1 saturated carbocycles. The zero-order valence-electron chi connectivity index (χ0n) is 20.8. The Bertz CT molecular complexity index is 1140. The normalized spacial score (nSPS) is 20.4. The number of alkyl halides is 2. The fourth-order valence-electron chi connectivity index (χ4n) is 4.13. The molecule has 0 saturated heterocycles. The van der Waals surface area contributed by atoms with Crippen LogP contribution in [0.15, 0.2) is 40.9 Å². The molecule has 13 heteroatoms. The summed E-state index contributed by atoms with van der Waals surface area (Å²) >= 11 is 0. The smallest absolute Gasteiger partial charge is 0.255 e. The zero-order chi connectivity index (χ0) is 26.5. The second-order valence-electron chi connectivity index (χ2n) is 9.56. The van der Waals surface area contributed by atoms with Crippen molar-refractivity contribution in [3.05, 3.63) is 41.9 Å². The minimum atomic E-state index is -2.66. The molecule has 2 aromatic heterocycles. The molecule has 2 aromatic rings. The van der Waals surface area contributed by atoms with Gasteiger partial charge in [0.15, 0.2) is 11.4 Å². The lowest BCUT2D eigenvalue weighted by Gasteiger charge is -2.34. The first-order chi connectivity index (χ1) is 17.6. The van der Waals surface area contributed by atoms with Crippen LogP contribution in [0.2, 0.25) is 0 Å². The van der Waals surface area contributed by atoms with Gasteiger partial charge in [0.2, 0.25) is 5.91 Å². The average molecular weight is 517 g/mol. The van der Waals surface area contributed by atoms with Crippen LogP contribution in [0.1, 0.15) is 43.9 Å². The number of likely N-dealkylation sites (N-methyl/N-ethyl adjacent to an activating group) is 1. The monoisotopic (exact) mass is 516 g/mol. The van der Waals surface area contributed by atoms with Crippen molar-refractivity contribution >= 4 is 17.6 Å². The van der Waals surface area contributed by atoms with Gasteiger partial charge in [0.25, 0.3) is 11.8 Å². The van der Waals surface area contributed by atoms with Gasteiger partial charge in [-0.25, -0.2) is 8.78 Å². The third-order valence-electron chi connectivity index (χ3n) is 6.17. The van der Waals surface area contributed by atoms with E-state index in [2.05, 4.69) is 36.2 Å². The number of aryl methyl sites for hydroxylation is 1. The van der Waals surface area contributed by atoms with Crippen molar-refractivity contribution in [2.75, 3.05) is 25.5 Å². The number of nitrogens with one attached hydrogen (secondary N) is 2. The Kier molecular flexibility index (Phi) is 7.89. The van der Waals surface area contributed by atoms with Crippen molar-refractivity contribution < 1.29 is 23.1 Å². The third kappa shape index (κ3) is 7.14. The van der Waals surface area contributed by atoms with Gasteiger partial charge in [-0.05, 0) is 49.9 Å². The molecular weight excluding hydrogens is 486 g/mol. The van der Waals surface area contributed by atoms with Crippen LogP contribution < -0.4 is 15.4 Å². The highest BCUT2D eigenvalue weighted by Crippen LogP contribution is 2.39. The summed E-state index contributed by atoms with van der Waals surface area (Å²) in [7, 11) is 1.58. The Morgan fingerprint density at radius 1 is 1.19 bits per heavy atom. The second kappa shape index (κ2) is 11.1. The van der Waals surface area contributed by atoms with E-state index >= 15 is 0 Å². The molecule has 0 radical (unpaired) electrons. The maximum absolute atomic E-state index is 13.0. The first kappa shape index (κ1) is 26.3. The number of hydrogen-bond acceptors (Lipinski definition) is 9. The number of carbonyl (C=O) groups excluding carboxylic acids is 2. The van der Waals surface area contributed by atoms with Crippen LogP contribution in [0.3, 0.4) is 0 Å². The van der Waals surface area contributed by atoms with Gasteiger partial charge in [-0.15, -0.1) is 5.10 Å². The van der Waals surface area contributed by atoms with E-state index in [9.17, 15) is 18.4 Å². The summed E-state index contributed by atoms with van der Waals surface area (Å²) in [5.74, 6) is -2.43. The molecule has 4 rings (SSSR count). The Hall–Kier alpha value is -3.77. The summed E-state index contributed by atoms with van der Waals surface area (Å²) in [6.07, 6.45) is 4.26. The number of halogens is 2. The highest BCUT2D eigenvalue weighted by atomic mass is 19.3. The maximum atomic E-state index is 13.0. The van der Waals surface area contributed by atoms with Crippen molar-refractivity contribution in [2.24, 2.45) is 10.3 Å². The van der Waals surface area contributed by atoms with Crippen molar-refractivity contribution in [3.63, 3.8) is 0 Å². The summed E-state index contributed by atoms with van der Waals surface area (Å²) in [6.45, 7) is 2.90. The van der Waals surface area contributed by atoms with Crippen molar-refractivity contribution in [2.45, 2.75) is 63.0 Å². The van der Waals surface area contributed by atoms with Crippen LogP contribution in [0, 0.1) is 0 Å². The topological polar surface area (TPSA) is 134 Å². The van der Waals surface area contributed by atoms with Crippen LogP contribution in [0.25, 0.3) is 0 Å². The summed E-state index contributed by atoms with van der Waals surface area (Å²) < 4.78 is 31.5. The molecule has 11 nitrogen and oxygen atoms in total. The maximum Gasteiger partial charge on any atom is 0.255 e. The molecule has 1 atom stereocenters. The molecule has 37 heavy (non-hydrogen) atoms. The van der Waals surface area contributed by atoms with E-state index in [-0.39, 0.29) is 31.1 Å². The van der Waals surface area contributed by atoms with Gasteiger partial charge in [0.1, 0.15) is 11.9 Å². The Balaban J connectivity index is 1.16. The van der Waals surface area contributed by atoms with E-state index in [0.29, 0.717) is 36.6 Å². The molecule has 198 valence electrons. The Morgan fingerprint density at radius 2 is 2.00 bits per heavy atom. The number of amides is 2. The predicted octanol–water partition coefficient (Wildman–Crippen LogP) is 2.74. The van der Waals surface area contributed by atoms with Crippen molar-refractivity contribution in [1.82, 2.24) is 25.5 Å². The number of pyridine rings is 1. The second-order valence-corrected chi connectivity index (χ2v) is 9.56. The first-order valence-corrected chi connectivity index (χ1v) is 12.1. The first-order valence-electron chi connectivity index (χ1n) is 12.1. The van der Waals surface area contributed by atoms with Gasteiger partial charge in [-0.3, -0.25) is 19.6 Å². The minimum Gasteiger partial charge on any atom is -0.488 e. The fourth-order valence-corrected chi connectivity index (χ4v) is 4.13. The van der Waals surface area contributed by atoms with Crippen LogP contribution in [0.5, 0.6) is 5.75 Å². The molecule has 2 aliphatic rings. The molecule has 3 heterocycles. The highest BCUT2D eigenvalue weighted by molar-refractivity contribution is 5.91. The molecule has 1 aliphatic carbocycles. The lowest BCUT2D eigenvalue weighted by atomic mass is 9.91. The Morgan fingerprint density at radius 3 is 2.70 bits per heavy atom. The molecule has 0 spiro atoms. The van der Waals surface area contributed by atoms with Crippen molar-refractivity contribution in [3.8, 4) is 5.75 Å². The molecule has 1 aliphatic heterocycles. The third-order valence-corrected chi connectivity index (χ3v) is 6.17. The largest absolute Gasteiger partial charge is 0.488 e. The van der Waals surface area contributed by atoms with Crippen molar-refractivity contribution in [1.29, 1.82) is 0 Å². The number of hydrogen-bond donors (Lipinski definition) is 2. The molecule has 0 bridgehead atoms. The number of unbranched alkanes of at least 4 members (excludes halogenated alkanes) is 1. The highest BCUT2D eigenvalue weighted by Gasteiger charge is 2.47. The van der Waals surface area contributed by atoms with E-state index in [0.717, 1.165) is 18.5 Å². The van der Waals surface area contributed by atoms with E-state index in [4.69, 9.17) is 4.74 Å². The van der Waals surface area contributed by atoms with Gasteiger partial charge in [0, 0.05) is 32.6 Å². The van der Waals surface area contributed by atoms with Gasteiger partial charge >= 0.3 is 0 Å². The number of aromatic nitrogens is 3. The van der Waals surface area contributed by atoms with Gasteiger partial charge in [-0.2, -0.15) is 10.2 Å². The Labute approximate surface area is 213 Å². The number of anilines is 1. The lowest BCUT2D eigenvalue weighted by Crippen LogP contribution is -2.45. The lowest BCUT2D eigenvalue weighted by molar-refractivity contribution is -0.134. The standard InChI is InChI=1S/C24H30F2N8O3/c1-23(22(36)27-2)15-34(33-32-23)8-4-3-5-17-6-7-20(31-30-17)29-21(35)10-16-9-18(14-28-13-16)37-19-11-24(25,26)12-19/h6-7,9,13-14,19H,3-5,8,10-12,15H2,1-2H3,(H,27,36)(H,29,31,35). The van der Waals surface area contributed by atoms with E-state index in [1.54, 1.807) is 31.1 Å². The summed E-state index contributed by atoms with van der Waals surface area (Å²) in [5, 5.41) is 23.5. The van der Waals surface area contributed by atoms with Gasteiger partial charge in [-0.1, -0.05) is 5.22 Å².